The Kier molecular flexibility index (Phi) is 5.05. The van der Waals surface area contributed by atoms with Gasteiger partial charge in [-0.25, -0.2) is 0 Å². The minimum atomic E-state index is -0.441. The maximum atomic E-state index is 10.4. The van der Waals surface area contributed by atoms with Crippen LogP contribution < -0.4 is 0 Å². The third kappa shape index (κ3) is 4.16. The van der Waals surface area contributed by atoms with E-state index >= 15 is 0 Å². The maximum absolute atomic E-state index is 10.4. The smallest absolute Gasteiger partial charge is 0.230 e. The van der Waals surface area contributed by atoms with Gasteiger partial charge < -0.3 is 9.52 Å². The molecule has 0 unspecified atom stereocenters. The normalized spacial score (nSPS) is 21.4. The molecule has 0 radical (unpaired) electrons. The van der Waals surface area contributed by atoms with Crippen LogP contribution >= 0.6 is 0 Å². The Labute approximate surface area is 136 Å². The van der Waals surface area contributed by atoms with E-state index in [0.29, 0.717) is 30.9 Å². The second-order valence-electron chi connectivity index (χ2n) is 6.22. The zero-order valence-corrected chi connectivity index (χ0v) is 13.7. The number of nitrogens with zero attached hydrogens (tertiary/aromatic N) is 4. The van der Waals surface area contributed by atoms with E-state index in [4.69, 9.17) is 4.42 Å². The lowest BCUT2D eigenvalue weighted by molar-refractivity contribution is 0.0334. The van der Waals surface area contributed by atoms with Crippen molar-refractivity contribution in [2.45, 2.75) is 32.5 Å². The van der Waals surface area contributed by atoms with E-state index in [1.165, 1.54) is 0 Å². The highest BCUT2D eigenvalue weighted by Gasteiger charge is 2.26. The first kappa shape index (κ1) is 16.1. The molecule has 124 valence electrons. The molecule has 1 saturated heterocycles. The molecule has 1 aliphatic rings. The van der Waals surface area contributed by atoms with Gasteiger partial charge in [0.25, 0.3) is 0 Å². The van der Waals surface area contributed by atoms with Crippen molar-refractivity contribution in [1.82, 2.24) is 20.0 Å². The number of piperazine rings is 1. The van der Waals surface area contributed by atoms with Crippen LogP contribution in [0.1, 0.15) is 30.4 Å². The van der Waals surface area contributed by atoms with Gasteiger partial charge in [-0.1, -0.05) is 30.3 Å². The number of aliphatic hydroxyl groups excluding tert-OH is 1. The van der Waals surface area contributed by atoms with Crippen molar-refractivity contribution in [2.75, 3.05) is 26.2 Å². The van der Waals surface area contributed by atoms with Crippen LogP contribution in [-0.2, 0) is 6.54 Å². The van der Waals surface area contributed by atoms with Gasteiger partial charge in [-0.05, 0) is 12.5 Å². The summed E-state index contributed by atoms with van der Waals surface area (Å²) < 4.78 is 5.45. The lowest BCUT2D eigenvalue weighted by Gasteiger charge is -2.40. The van der Waals surface area contributed by atoms with Gasteiger partial charge in [0.1, 0.15) is 0 Å². The van der Waals surface area contributed by atoms with Crippen molar-refractivity contribution in [1.29, 1.82) is 0 Å². The Morgan fingerprint density at radius 2 is 2.04 bits per heavy atom. The minimum absolute atomic E-state index is 0.381. The molecule has 0 spiro atoms. The molecule has 0 aliphatic carbocycles. The molecule has 6 heteroatoms. The molecule has 6 nitrogen and oxygen atoms in total. The molecule has 1 aromatic heterocycles. The number of rotatable bonds is 5. The fourth-order valence-electron chi connectivity index (χ4n) is 3.08. The van der Waals surface area contributed by atoms with E-state index in [1.54, 1.807) is 0 Å². The molecule has 2 atom stereocenters. The van der Waals surface area contributed by atoms with E-state index < -0.39 is 6.10 Å². The van der Waals surface area contributed by atoms with Gasteiger partial charge in [0.2, 0.25) is 11.8 Å². The molecule has 1 aromatic carbocycles. The maximum Gasteiger partial charge on any atom is 0.230 e. The first-order valence-corrected chi connectivity index (χ1v) is 8.10. The minimum Gasteiger partial charge on any atom is -0.424 e. The molecule has 0 saturated carbocycles. The van der Waals surface area contributed by atoms with Gasteiger partial charge in [-0.15, -0.1) is 10.2 Å². The van der Waals surface area contributed by atoms with Crippen molar-refractivity contribution in [3.8, 4) is 0 Å². The van der Waals surface area contributed by atoms with Crippen molar-refractivity contribution in [3.63, 3.8) is 0 Å². The average Bonchev–Trinajstić information content (AvgIpc) is 2.96. The van der Waals surface area contributed by atoms with Crippen LogP contribution in [-0.4, -0.2) is 57.3 Å². The first-order chi connectivity index (χ1) is 11.1. The second-order valence-corrected chi connectivity index (χ2v) is 6.22. The predicted octanol–water partition coefficient (Wildman–Crippen LogP) is 1.62. The van der Waals surface area contributed by atoms with Crippen molar-refractivity contribution in [3.05, 3.63) is 47.7 Å². The van der Waals surface area contributed by atoms with Gasteiger partial charge in [-0.3, -0.25) is 9.80 Å². The van der Waals surface area contributed by atoms with E-state index in [-0.39, 0.29) is 0 Å². The Hall–Kier alpha value is -1.76. The number of β-amino-alcohol motifs (C(OH)–C–C–N with tert-alkyl or cyclic N) is 1. The van der Waals surface area contributed by atoms with Crippen LogP contribution in [0.15, 0.2) is 34.7 Å². The van der Waals surface area contributed by atoms with E-state index in [0.717, 1.165) is 25.2 Å². The summed E-state index contributed by atoms with van der Waals surface area (Å²) >= 11 is 0. The SMILES string of the molecule is Cc1nnc(CN2CCN(C[C@@H](O)c3ccccc3)[C@@H](C)C2)o1. The monoisotopic (exact) mass is 316 g/mol. The highest BCUT2D eigenvalue weighted by molar-refractivity contribution is 5.17. The Balaban J connectivity index is 1.52. The van der Waals surface area contributed by atoms with Crippen LogP contribution in [0.5, 0.6) is 0 Å². The molecule has 0 bridgehead atoms. The molecular formula is C17H24N4O2. The molecular weight excluding hydrogens is 292 g/mol. The van der Waals surface area contributed by atoms with Crippen molar-refractivity contribution >= 4 is 0 Å². The lowest BCUT2D eigenvalue weighted by atomic mass is 10.1. The summed E-state index contributed by atoms with van der Waals surface area (Å²) in [5.41, 5.74) is 0.975. The molecule has 23 heavy (non-hydrogen) atoms. The lowest BCUT2D eigenvalue weighted by Crippen LogP contribution is -2.52. The third-order valence-corrected chi connectivity index (χ3v) is 4.37. The molecule has 2 aromatic rings. The van der Waals surface area contributed by atoms with Crippen LogP contribution in [0.3, 0.4) is 0 Å². The fraction of sp³-hybridized carbons (Fsp3) is 0.529. The molecule has 2 heterocycles. The van der Waals surface area contributed by atoms with Gasteiger partial charge in [-0.2, -0.15) is 0 Å². The van der Waals surface area contributed by atoms with Gasteiger partial charge >= 0.3 is 0 Å². The third-order valence-electron chi connectivity index (χ3n) is 4.37. The van der Waals surface area contributed by atoms with Crippen LogP contribution in [0, 0.1) is 6.92 Å². The summed E-state index contributed by atoms with van der Waals surface area (Å²) in [6, 6.07) is 10.2. The van der Waals surface area contributed by atoms with E-state index in [2.05, 4.69) is 26.9 Å². The van der Waals surface area contributed by atoms with E-state index in [1.807, 2.05) is 37.3 Å². The molecule has 0 amide bonds. The van der Waals surface area contributed by atoms with Gasteiger partial charge in [0.15, 0.2) is 0 Å². The zero-order valence-electron chi connectivity index (χ0n) is 13.7. The van der Waals surface area contributed by atoms with Crippen LogP contribution in [0.25, 0.3) is 0 Å². The van der Waals surface area contributed by atoms with Crippen molar-refractivity contribution < 1.29 is 9.52 Å². The fourth-order valence-corrected chi connectivity index (χ4v) is 3.08. The predicted molar refractivity (Wildman–Crippen MR) is 86.7 cm³/mol. The zero-order chi connectivity index (χ0) is 16.2. The number of aryl methyl sites for hydroxylation is 1. The van der Waals surface area contributed by atoms with Gasteiger partial charge in [0, 0.05) is 39.1 Å². The number of aromatic nitrogens is 2. The highest BCUT2D eigenvalue weighted by Crippen LogP contribution is 2.18. The van der Waals surface area contributed by atoms with E-state index in [9.17, 15) is 5.11 Å². The largest absolute Gasteiger partial charge is 0.424 e. The summed E-state index contributed by atoms with van der Waals surface area (Å²) in [7, 11) is 0. The van der Waals surface area contributed by atoms with Crippen LogP contribution in [0.4, 0.5) is 0 Å². The summed E-state index contributed by atoms with van der Waals surface area (Å²) in [4.78, 5) is 4.66. The first-order valence-electron chi connectivity index (χ1n) is 8.10. The standard InChI is InChI=1S/C17H24N4O2/c1-13-10-20(12-17-19-18-14(2)23-17)8-9-21(13)11-16(22)15-6-4-3-5-7-15/h3-7,13,16,22H,8-12H2,1-2H3/t13-,16+/m0/s1. The summed E-state index contributed by atoms with van der Waals surface area (Å²) in [6.07, 6.45) is -0.441. The number of hydrogen-bond acceptors (Lipinski definition) is 6. The van der Waals surface area contributed by atoms with Crippen LogP contribution in [0.2, 0.25) is 0 Å². The summed E-state index contributed by atoms with van der Waals surface area (Å²) in [5, 5.41) is 18.3. The molecule has 1 N–H and O–H groups in total. The summed E-state index contributed by atoms with van der Waals surface area (Å²) in [5.74, 6) is 1.28. The average molecular weight is 316 g/mol. The summed E-state index contributed by atoms with van der Waals surface area (Å²) in [6.45, 7) is 8.16. The molecule has 3 rings (SSSR count). The highest BCUT2D eigenvalue weighted by atomic mass is 16.4. The van der Waals surface area contributed by atoms with Crippen molar-refractivity contribution in [2.24, 2.45) is 0 Å². The van der Waals surface area contributed by atoms with Gasteiger partial charge in [0.05, 0.1) is 12.6 Å². The topological polar surface area (TPSA) is 65.6 Å². The quantitative estimate of drug-likeness (QED) is 0.904. The molecule has 1 aliphatic heterocycles. The molecule has 1 fully saturated rings. The number of aliphatic hydroxyl groups is 1. The Bertz CT molecular complexity index is 616. The Morgan fingerprint density at radius 3 is 2.70 bits per heavy atom. The Morgan fingerprint density at radius 1 is 1.26 bits per heavy atom. The number of benzene rings is 1. The second kappa shape index (κ2) is 7.21. The number of hydrogen-bond donors (Lipinski definition) is 1.